The van der Waals surface area contributed by atoms with Crippen LogP contribution < -0.4 is 10.1 Å². The summed E-state index contributed by atoms with van der Waals surface area (Å²) in [7, 11) is 3.58. The van der Waals surface area contributed by atoms with Crippen molar-refractivity contribution in [2.24, 2.45) is 4.99 Å². The highest BCUT2D eigenvalue weighted by Gasteiger charge is 2.21. The molecular weight excluding hydrogens is 342 g/mol. The van der Waals surface area contributed by atoms with E-state index in [0.29, 0.717) is 12.7 Å². The van der Waals surface area contributed by atoms with Crippen molar-refractivity contribution in [1.29, 1.82) is 0 Å². The molecule has 0 unspecified atom stereocenters. The molecule has 1 aromatic carbocycles. The van der Waals surface area contributed by atoms with Crippen molar-refractivity contribution in [2.75, 3.05) is 53.6 Å². The number of hydrogen-bond donors (Lipinski definition) is 1. The third-order valence-corrected chi connectivity index (χ3v) is 4.71. The van der Waals surface area contributed by atoms with Crippen LogP contribution in [-0.2, 0) is 15.9 Å². The summed E-state index contributed by atoms with van der Waals surface area (Å²) in [5, 5.41) is 3.49. The second kappa shape index (κ2) is 12.6. The number of nitrogens with one attached hydrogen (secondary N) is 1. The van der Waals surface area contributed by atoms with Crippen LogP contribution >= 0.6 is 0 Å². The van der Waals surface area contributed by atoms with Crippen LogP contribution in [0.4, 0.5) is 0 Å². The number of methoxy groups -OCH3 is 1. The van der Waals surface area contributed by atoms with Gasteiger partial charge in [-0.25, -0.2) is 0 Å². The molecule has 0 bridgehead atoms. The van der Waals surface area contributed by atoms with Crippen LogP contribution in [0.3, 0.4) is 0 Å². The SMILES string of the molecule is CCOc1cccc(CCNC(=NC)N2CCC(OCCCOC)CC2)c1. The van der Waals surface area contributed by atoms with Gasteiger partial charge in [0.1, 0.15) is 5.75 Å². The van der Waals surface area contributed by atoms with Gasteiger partial charge in [-0.05, 0) is 50.3 Å². The lowest BCUT2D eigenvalue weighted by atomic mass is 10.1. The largest absolute Gasteiger partial charge is 0.494 e. The van der Waals surface area contributed by atoms with Crippen molar-refractivity contribution in [2.45, 2.75) is 38.7 Å². The fraction of sp³-hybridized carbons (Fsp3) is 0.667. The Bertz CT molecular complexity index is 557. The summed E-state index contributed by atoms with van der Waals surface area (Å²) in [5.41, 5.74) is 1.27. The number of likely N-dealkylation sites (tertiary alicyclic amines) is 1. The quantitative estimate of drug-likeness (QED) is 0.386. The van der Waals surface area contributed by atoms with E-state index in [-0.39, 0.29) is 0 Å². The number of piperidine rings is 1. The van der Waals surface area contributed by atoms with Crippen molar-refractivity contribution >= 4 is 5.96 Å². The minimum Gasteiger partial charge on any atom is -0.494 e. The number of rotatable bonds is 10. The van der Waals surface area contributed by atoms with Crippen LogP contribution in [0.15, 0.2) is 29.3 Å². The number of hydrogen-bond acceptors (Lipinski definition) is 4. The van der Waals surface area contributed by atoms with Crippen LogP contribution in [0.2, 0.25) is 0 Å². The second-order valence-corrected chi connectivity index (χ2v) is 6.71. The van der Waals surface area contributed by atoms with Crippen molar-refractivity contribution in [3.8, 4) is 5.75 Å². The third kappa shape index (κ3) is 7.77. The summed E-state index contributed by atoms with van der Waals surface area (Å²) in [6.07, 6.45) is 4.36. The molecule has 0 amide bonds. The van der Waals surface area contributed by atoms with Gasteiger partial charge in [0, 0.05) is 47.0 Å². The molecule has 1 heterocycles. The lowest BCUT2D eigenvalue weighted by molar-refractivity contribution is 0.00992. The fourth-order valence-corrected chi connectivity index (χ4v) is 3.30. The average Bonchev–Trinajstić information content (AvgIpc) is 2.70. The molecule has 1 aliphatic heterocycles. The summed E-state index contributed by atoms with van der Waals surface area (Å²) < 4.78 is 16.6. The molecule has 1 aromatic rings. The number of benzene rings is 1. The van der Waals surface area contributed by atoms with Crippen molar-refractivity contribution in [3.05, 3.63) is 29.8 Å². The Balaban J connectivity index is 1.69. The van der Waals surface area contributed by atoms with Crippen molar-refractivity contribution < 1.29 is 14.2 Å². The summed E-state index contributed by atoms with van der Waals surface area (Å²) >= 11 is 0. The molecule has 0 radical (unpaired) electrons. The molecule has 0 saturated carbocycles. The van der Waals surface area contributed by atoms with Crippen LogP contribution in [0.1, 0.15) is 31.7 Å². The molecule has 152 valence electrons. The highest BCUT2D eigenvalue weighted by molar-refractivity contribution is 5.79. The van der Waals surface area contributed by atoms with E-state index in [4.69, 9.17) is 14.2 Å². The number of ether oxygens (including phenoxy) is 3. The van der Waals surface area contributed by atoms with E-state index < -0.39 is 0 Å². The summed E-state index contributed by atoms with van der Waals surface area (Å²) in [5.74, 6) is 1.92. The van der Waals surface area contributed by atoms with Gasteiger partial charge < -0.3 is 24.4 Å². The molecule has 1 aliphatic rings. The van der Waals surface area contributed by atoms with E-state index in [1.54, 1.807) is 7.11 Å². The number of nitrogens with zero attached hydrogens (tertiary/aromatic N) is 2. The van der Waals surface area contributed by atoms with E-state index >= 15 is 0 Å². The van der Waals surface area contributed by atoms with Crippen LogP contribution in [0.5, 0.6) is 5.75 Å². The van der Waals surface area contributed by atoms with E-state index in [1.807, 2.05) is 26.1 Å². The minimum absolute atomic E-state index is 0.359. The maximum absolute atomic E-state index is 5.94. The standard InChI is InChI=1S/C21H35N3O3/c1-4-26-20-8-5-7-18(17-20)9-12-23-21(22-2)24-13-10-19(11-14-24)27-16-6-15-25-3/h5,7-8,17,19H,4,6,9-16H2,1-3H3,(H,22,23). The van der Waals surface area contributed by atoms with Crippen LogP contribution in [0, 0.1) is 0 Å². The Morgan fingerprint density at radius 1 is 1.26 bits per heavy atom. The van der Waals surface area contributed by atoms with Crippen molar-refractivity contribution in [3.63, 3.8) is 0 Å². The first kappa shape index (κ1) is 21.5. The molecule has 0 aliphatic carbocycles. The number of guanidine groups is 1. The van der Waals surface area contributed by atoms with Gasteiger partial charge in [0.05, 0.1) is 12.7 Å². The third-order valence-electron chi connectivity index (χ3n) is 4.71. The normalized spacial score (nSPS) is 15.8. The molecule has 6 heteroatoms. The Hall–Kier alpha value is -1.79. The van der Waals surface area contributed by atoms with E-state index in [2.05, 4.69) is 27.3 Å². The summed E-state index contributed by atoms with van der Waals surface area (Å²) in [4.78, 5) is 6.78. The Labute approximate surface area is 163 Å². The smallest absolute Gasteiger partial charge is 0.193 e. The molecule has 2 rings (SSSR count). The molecule has 0 aromatic heterocycles. The second-order valence-electron chi connectivity index (χ2n) is 6.71. The predicted octanol–water partition coefficient (Wildman–Crippen LogP) is 2.72. The van der Waals surface area contributed by atoms with E-state index in [1.165, 1.54) is 5.56 Å². The molecular formula is C21H35N3O3. The van der Waals surface area contributed by atoms with Gasteiger partial charge in [0.15, 0.2) is 5.96 Å². The van der Waals surface area contributed by atoms with Gasteiger partial charge in [-0.3, -0.25) is 4.99 Å². The zero-order valence-electron chi connectivity index (χ0n) is 17.1. The lowest BCUT2D eigenvalue weighted by Crippen LogP contribution is -2.47. The van der Waals surface area contributed by atoms with Crippen LogP contribution in [0.25, 0.3) is 0 Å². The molecule has 1 saturated heterocycles. The van der Waals surface area contributed by atoms with Crippen LogP contribution in [-0.4, -0.2) is 70.6 Å². The molecule has 1 N–H and O–H groups in total. The zero-order chi connectivity index (χ0) is 19.3. The first-order valence-electron chi connectivity index (χ1n) is 10.0. The zero-order valence-corrected chi connectivity index (χ0v) is 17.1. The molecule has 1 fully saturated rings. The summed E-state index contributed by atoms with van der Waals surface area (Å²) in [6, 6.07) is 8.30. The van der Waals surface area contributed by atoms with Gasteiger partial charge in [-0.1, -0.05) is 12.1 Å². The Kier molecular flexibility index (Phi) is 10.0. The molecule has 0 atom stereocenters. The predicted molar refractivity (Wildman–Crippen MR) is 110 cm³/mol. The molecule has 27 heavy (non-hydrogen) atoms. The topological polar surface area (TPSA) is 55.3 Å². The van der Waals surface area contributed by atoms with Gasteiger partial charge in [0.25, 0.3) is 0 Å². The molecule has 6 nitrogen and oxygen atoms in total. The summed E-state index contributed by atoms with van der Waals surface area (Å²) in [6.45, 7) is 7.07. The fourth-order valence-electron chi connectivity index (χ4n) is 3.30. The van der Waals surface area contributed by atoms with Crippen molar-refractivity contribution in [1.82, 2.24) is 10.2 Å². The lowest BCUT2D eigenvalue weighted by Gasteiger charge is -2.34. The highest BCUT2D eigenvalue weighted by Crippen LogP contribution is 2.15. The first-order valence-corrected chi connectivity index (χ1v) is 10.0. The highest BCUT2D eigenvalue weighted by atomic mass is 16.5. The van der Waals surface area contributed by atoms with Gasteiger partial charge in [-0.2, -0.15) is 0 Å². The average molecular weight is 378 g/mol. The minimum atomic E-state index is 0.359. The Morgan fingerprint density at radius 3 is 2.78 bits per heavy atom. The van der Waals surface area contributed by atoms with E-state index in [0.717, 1.165) is 70.2 Å². The molecule has 0 spiro atoms. The number of aliphatic imine (C=N–C) groups is 1. The maximum Gasteiger partial charge on any atom is 0.193 e. The maximum atomic E-state index is 5.94. The van der Waals surface area contributed by atoms with Gasteiger partial charge in [-0.15, -0.1) is 0 Å². The van der Waals surface area contributed by atoms with E-state index in [9.17, 15) is 0 Å². The monoisotopic (exact) mass is 377 g/mol. The first-order chi connectivity index (χ1) is 13.3. The van der Waals surface area contributed by atoms with Gasteiger partial charge >= 0.3 is 0 Å². The Morgan fingerprint density at radius 2 is 2.07 bits per heavy atom. The van der Waals surface area contributed by atoms with Gasteiger partial charge in [0.2, 0.25) is 0 Å².